The molecule has 0 fully saturated rings. The first-order chi connectivity index (χ1) is 10.2. The van der Waals surface area contributed by atoms with Gasteiger partial charge in [0.2, 0.25) is 0 Å². The molecule has 2 N–H and O–H groups in total. The topological polar surface area (TPSA) is 40.2 Å². The zero-order valence-electron chi connectivity index (χ0n) is 12.5. The predicted molar refractivity (Wildman–Crippen MR) is 86.3 cm³/mol. The molecule has 0 aliphatic carbocycles. The molecule has 2 aromatic carbocycles. The molecule has 3 nitrogen and oxygen atoms in total. The molecule has 0 amide bonds. The number of nitrogens with two attached hydrogens (primary N) is 1. The fraction of sp³-hybridized carbons (Fsp3) is 0.222. The van der Waals surface area contributed by atoms with E-state index in [2.05, 4.69) is 55.1 Å². The Morgan fingerprint density at radius 2 is 2.00 bits per heavy atom. The van der Waals surface area contributed by atoms with Gasteiger partial charge in [-0.05, 0) is 36.2 Å². The Morgan fingerprint density at radius 1 is 1.14 bits per heavy atom. The first kappa shape index (κ1) is 13.7. The van der Waals surface area contributed by atoms with Crippen LogP contribution in [-0.4, -0.2) is 4.57 Å². The van der Waals surface area contributed by atoms with Gasteiger partial charge in [-0.25, -0.2) is 0 Å². The summed E-state index contributed by atoms with van der Waals surface area (Å²) >= 11 is 0. The second kappa shape index (κ2) is 5.62. The lowest BCUT2D eigenvalue weighted by molar-refractivity contribution is 0.307. The predicted octanol–water partition coefficient (Wildman–Crippen LogP) is 3.52. The van der Waals surface area contributed by atoms with E-state index in [1.807, 2.05) is 12.1 Å². The fourth-order valence-electron chi connectivity index (χ4n) is 2.62. The number of aryl methyl sites for hydroxylation is 2. The van der Waals surface area contributed by atoms with Crippen LogP contribution in [0.5, 0.6) is 5.75 Å². The molecule has 3 aromatic rings. The molecule has 0 atom stereocenters. The number of aromatic nitrogens is 1. The van der Waals surface area contributed by atoms with Gasteiger partial charge in [-0.2, -0.15) is 0 Å². The minimum atomic E-state index is 0.566. The summed E-state index contributed by atoms with van der Waals surface area (Å²) in [6.45, 7) is 3.21. The Hall–Kier alpha value is -2.26. The van der Waals surface area contributed by atoms with Crippen LogP contribution in [0.3, 0.4) is 0 Å². The maximum atomic E-state index is 5.91. The van der Waals surface area contributed by atoms with Crippen molar-refractivity contribution in [3.05, 3.63) is 65.4 Å². The maximum absolute atomic E-state index is 5.91. The van der Waals surface area contributed by atoms with E-state index >= 15 is 0 Å². The maximum Gasteiger partial charge on any atom is 0.120 e. The average Bonchev–Trinajstić information content (AvgIpc) is 2.81. The number of nitrogens with zero attached hydrogens (tertiary/aromatic N) is 1. The lowest BCUT2D eigenvalue weighted by atomic mass is 10.1. The normalized spacial score (nSPS) is 11.0. The van der Waals surface area contributed by atoms with E-state index in [0.717, 1.165) is 11.3 Å². The minimum absolute atomic E-state index is 0.566. The van der Waals surface area contributed by atoms with Gasteiger partial charge in [-0.3, -0.25) is 0 Å². The molecule has 1 aromatic heterocycles. The molecule has 0 saturated carbocycles. The molecule has 0 aliphatic rings. The second-order valence-electron chi connectivity index (χ2n) is 5.43. The third-order valence-electron chi connectivity index (χ3n) is 3.76. The van der Waals surface area contributed by atoms with Gasteiger partial charge < -0.3 is 15.0 Å². The van der Waals surface area contributed by atoms with Gasteiger partial charge in [0.25, 0.3) is 0 Å². The zero-order valence-corrected chi connectivity index (χ0v) is 12.5. The fourth-order valence-corrected chi connectivity index (χ4v) is 2.62. The Labute approximate surface area is 125 Å². The summed E-state index contributed by atoms with van der Waals surface area (Å²) in [4.78, 5) is 0. The number of rotatable bonds is 4. The van der Waals surface area contributed by atoms with Crippen LogP contribution in [0, 0.1) is 6.92 Å². The van der Waals surface area contributed by atoms with Gasteiger partial charge in [0.15, 0.2) is 0 Å². The molecular formula is C18H20N2O. The Balaban J connectivity index is 1.87. The van der Waals surface area contributed by atoms with Crippen molar-refractivity contribution in [2.75, 3.05) is 0 Å². The molecule has 0 unspecified atom stereocenters. The van der Waals surface area contributed by atoms with Crippen molar-refractivity contribution in [1.82, 2.24) is 4.57 Å². The summed E-state index contributed by atoms with van der Waals surface area (Å²) < 4.78 is 8.04. The molecule has 1 heterocycles. The Morgan fingerprint density at radius 3 is 2.76 bits per heavy atom. The number of ether oxygens (including phenoxy) is 1. The van der Waals surface area contributed by atoms with E-state index in [1.54, 1.807) is 0 Å². The van der Waals surface area contributed by atoms with Crippen LogP contribution in [0.2, 0.25) is 0 Å². The van der Waals surface area contributed by atoms with E-state index in [0.29, 0.717) is 13.2 Å². The zero-order chi connectivity index (χ0) is 14.8. The SMILES string of the molecule is Cc1cccc(OCc2cn(C)c3cc(CN)ccc23)c1. The second-order valence-corrected chi connectivity index (χ2v) is 5.43. The summed E-state index contributed by atoms with van der Waals surface area (Å²) in [6.07, 6.45) is 2.13. The third-order valence-corrected chi connectivity index (χ3v) is 3.76. The van der Waals surface area contributed by atoms with Crippen molar-refractivity contribution in [3.63, 3.8) is 0 Å². The number of benzene rings is 2. The van der Waals surface area contributed by atoms with Crippen LogP contribution in [-0.2, 0) is 20.2 Å². The van der Waals surface area contributed by atoms with Gasteiger partial charge in [0, 0.05) is 36.3 Å². The monoisotopic (exact) mass is 280 g/mol. The quantitative estimate of drug-likeness (QED) is 0.794. The number of fused-ring (bicyclic) bond motifs is 1. The molecule has 3 rings (SSSR count). The summed E-state index contributed by atoms with van der Waals surface area (Å²) in [5.74, 6) is 0.908. The first-order valence-corrected chi connectivity index (χ1v) is 7.14. The van der Waals surface area contributed by atoms with Crippen LogP contribution in [0.15, 0.2) is 48.7 Å². The van der Waals surface area contributed by atoms with Crippen LogP contribution < -0.4 is 10.5 Å². The third kappa shape index (κ3) is 2.78. The summed E-state index contributed by atoms with van der Waals surface area (Å²) in [5.41, 5.74) is 10.5. The van der Waals surface area contributed by atoms with Crippen molar-refractivity contribution in [2.45, 2.75) is 20.1 Å². The Bertz CT molecular complexity index is 774. The van der Waals surface area contributed by atoms with Crippen LogP contribution in [0.4, 0.5) is 0 Å². The van der Waals surface area contributed by atoms with Crippen molar-refractivity contribution < 1.29 is 4.74 Å². The van der Waals surface area contributed by atoms with Gasteiger partial charge in [-0.15, -0.1) is 0 Å². The molecular weight excluding hydrogens is 260 g/mol. The van der Waals surface area contributed by atoms with Crippen LogP contribution in [0.25, 0.3) is 10.9 Å². The molecule has 0 aliphatic heterocycles. The highest BCUT2D eigenvalue weighted by Crippen LogP contribution is 2.24. The molecule has 0 radical (unpaired) electrons. The summed E-state index contributed by atoms with van der Waals surface area (Å²) in [5, 5.41) is 1.22. The van der Waals surface area contributed by atoms with E-state index in [9.17, 15) is 0 Å². The van der Waals surface area contributed by atoms with E-state index in [1.165, 1.54) is 22.0 Å². The average molecular weight is 280 g/mol. The van der Waals surface area contributed by atoms with Gasteiger partial charge in [0.1, 0.15) is 12.4 Å². The van der Waals surface area contributed by atoms with Crippen LogP contribution >= 0.6 is 0 Å². The highest BCUT2D eigenvalue weighted by molar-refractivity contribution is 5.84. The number of hydrogen-bond acceptors (Lipinski definition) is 2. The minimum Gasteiger partial charge on any atom is -0.489 e. The van der Waals surface area contributed by atoms with E-state index in [-0.39, 0.29) is 0 Å². The molecule has 0 bridgehead atoms. The molecule has 108 valence electrons. The molecule has 3 heteroatoms. The van der Waals surface area contributed by atoms with Crippen molar-refractivity contribution in [3.8, 4) is 5.75 Å². The van der Waals surface area contributed by atoms with E-state index < -0.39 is 0 Å². The molecule has 0 saturated heterocycles. The highest BCUT2D eigenvalue weighted by atomic mass is 16.5. The molecule has 21 heavy (non-hydrogen) atoms. The van der Waals surface area contributed by atoms with Gasteiger partial charge >= 0.3 is 0 Å². The summed E-state index contributed by atoms with van der Waals surface area (Å²) in [7, 11) is 2.05. The standard InChI is InChI=1S/C18H20N2O/c1-13-4-3-5-16(8-13)21-12-15-11-20(2)18-9-14(10-19)6-7-17(15)18/h3-9,11H,10,12,19H2,1-2H3. The highest BCUT2D eigenvalue weighted by Gasteiger charge is 2.08. The summed E-state index contributed by atoms with van der Waals surface area (Å²) in [6, 6.07) is 14.5. The molecule has 0 spiro atoms. The van der Waals surface area contributed by atoms with E-state index in [4.69, 9.17) is 10.5 Å². The lowest BCUT2D eigenvalue weighted by Gasteiger charge is -2.06. The number of hydrogen-bond donors (Lipinski definition) is 1. The first-order valence-electron chi connectivity index (χ1n) is 7.14. The largest absolute Gasteiger partial charge is 0.489 e. The smallest absolute Gasteiger partial charge is 0.120 e. The Kier molecular flexibility index (Phi) is 3.67. The van der Waals surface area contributed by atoms with Crippen molar-refractivity contribution >= 4 is 10.9 Å². The lowest BCUT2D eigenvalue weighted by Crippen LogP contribution is -1.96. The van der Waals surface area contributed by atoms with Crippen LogP contribution in [0.1, 0.15) is 16.7 Å². The van der Waals surface area contributed by atoms with Crippen molar-refractivity contribution in [1.29, 1.82) is 0 Å². The van der Waals surface area contributed by atoms with Gasteiger partial charge in [0.05, 0.1) is 0 Å². The van der Waals surface area contributed by atoms with Gasteiger partial charge in [-0.1, -0.05) is 24.3 Å². The van der Waals surface area contributed by atoms with Crippen molar-refractivity contribution in [2.24, 2.45) is 12.8 Å².